The van der Waals surface area contributed by atoms with E-state index in [0.29, 0.717) is 45.4 Å². The summed E-state index contributed by atoms with van der Waals surface area (Å²) in [6, 6.07) is 13.8. The summed E-state index contributed by atoms with van der Waals surface area (Å²) in [5.41, 5.74) is 3.08. The second-order valence-corrected chi connectivity index (χ2v) is 6.69. The number of anilines is 1. The van der Waals surface area contributed by atoms with E-state index in [2.05, 4.69) is 10.3 Å². The standard InChI is InChI=1S/C21H15ClN2O4/c1-28-17-7-6-11(8-14(17)22)10-23-15-9-16(21(26)27)24-19-12-4-2-3-5-13(12)20(25)18(15)19/h2-9H,10H2,1H3,(H,23,24)(H,26,27). The van der Waals surface area contributed by atoms with Crippen LogP contribution in [0.25, 0.3) is 11.3 Å². The minimum absolute atomic E-state index is 0.126. The molecule has 28 heavy (non-hydrogen) atoms. The number of hydrogen-bond acceptors (Lipinski definition) is 5. The van der Waals surface area contributed by atoms with Gasteiger partial charge in [0.2, 0.25) is 0 Å². The van der Waals surface area contributed by atoms with Gasteiger partial charge in [-0.3, -0.25) is 4.79 Å². The average molecular weight is 395 g/mol. The maximum Gasteiger partial charge on any atom is 0.354 e. The lowest BCUT2D eigenvalue weighted by molar-refractivity contribution is 0.0690. The topological polar surface area (TPSA) is 88.5 Å². The maximum atomic E-state index is 12.9. The van der Waals surface area contributed by atoms with Crippen molar-refractivity contribution in [2.45, 2.75) is 6.54 Å². The summed E-state index contributed by atoms with van der Waals surface area (Å²) in [6.45, 7) is 0.350. The van der Waals surface area contributed by atoms with E-state index in [-0.39, 0.29) is 11.5 Å². The number of carboxylic acids is 1. The number of ether oxygens (including phenoxy) is 1. The SMILES string of the molecule is COc1ccc(CNc2cc(C(=O)O)nc3c2C(=O)c2ccccc2-3)cc1Cl. The summed E-state index contributed by atoms with van der Waals surface area (Å²) in [5.74, 6) is -0.769. The van der Waals surface area contributed by atoms with Crippen molar-refractivity contribution in [3.05, 3.63) is 75.9 Å². The number of hydrogen-bond donors (Lipinski definition) is 2. The van der Waals surface area contributed by atoms with Crippen molar-refractivity contribution in [1.29, 1.82) is 0 Å². The van der Waals surface area contributed by atoms with Gasteiger partial charge in [0.05, 0.1) is 29.1 Å². The largest absolute Gasteiger partial charge is 0.495 e. The zero-order valence-corrected chi connectivity index (χ0v) is 15.6. The van der Waals surface area contributed by atoms with E-state index in [9.17, 15) is 14.7 Å². The van der Waals surface area contributed by atoms with Crippen LogP contribution in [-0.4, -0.2) is 29.0 Å². The molecule has 2 N–H and O–H groups in total. The fourth-order valence-electron chi connectivity index (χ4n) is 3.26. The molecule has 7 heteroatoms. The number of fused-ring (bicyclic) bond motifs is 3. The molecule has 4 rings (SSSR count). The average Bonchev–Trinajstić information content (AvgIpc) is 2.99. The monoisotopic (exact) mass is 394 g/mol. The summed E-state index contributed by atoms with van der Waals surface area (Å²) >= 11 is 6.16. The molecule has 0 unspecified atom stereocenters. The predicted octanol–water partition coefficient (Wildman–Crippen LogP) is 4.27. The minimum atomic E-state index is -1.16. The Morgan fingerprint density at radius 1 is 1.18 bits per heavy atom. The van der Waals surface area contributed by atoms with Gasteiger partial charge in [-0.2, -0.15) is 0 Å². The molecule has 0 atom stereocenters. The summed E-state index contributed by atoms with van der Waals surface area (Å²) in [4.78, 5) is 28.6. The predicted molar refractivity (Wildman–Crippen MR) is 105 cm³/mol. The molecule has 1 aliphatic carbocycles. The lowest BCUT2D eigenvalue weighted by atomic mass is 10.1. The van der Waals surface area contributed by atoms with Gasteiger partial charge in [0.25, 0.3) is 0 Å². The molecule has 140 valence electrons. The van der Waals surface area contributed by atoms with Gasteiger partial charge in [-0.25, -0.2) is 9.78 Å². The molecule has 6 nitrogen and oxygen atoms in total. The number of aromatic carboxylic acids is 1. The number of rotatable bonds is 5. The van der Waals surface area contributed by atoms with Crippen molar-refractivity contribution < 1.29 is 19.4 Å². The second-order valence-electron chi connectivity index (χ2n) is 6.28. The van der Waals surface area contributed by atoms with Gasteiger partial charge in [-0.05, 0) is 23.8 Å². The van der Waals surface area contributed by atoms with Gasteiger partial charge >= 0.3 is 5.97 Å². The van der Waals surface area contributed by atoms with Crippen LogP contribution in [0.3, 0.4) is 0 Å². The summed E-state index contributed by atoms with van der Waals surface area (Å²) < 4.78 is 5.14. The van der Waals surface area contributed by atoms with Crippen LogP contribution in [0.5, 0.6) is 5.75 Å². The lowest BCUT2D eigenvalue weighted by Crippen LogP contribution is -2.10. The van der Waals surface area contributed by atoms with Crippen LogP contribution < -0.4 is 10.1 Å². The van der Waals surface area contributed by atoms with E-state index in [4.69, 9.17) is 16.3 Å². The molecule has 0 fully saturated rings. The Morgan fingerprint density at radius 2 is 1.93 bits per heavy atom. The van der Waals surface area contributed by atoms with Crippen LogP contribution in [-0.2, 0) is 6.54 Å². The molecular formula is C21H15ClN2O4. The van der Waals surface area contributed by atoms with Crippen molar-refractivity contribution in [2.75, 3.05) is 12.4 Å². The Labute approximate surface area is 165 Å². The number of benzene rings is 2. The highest BCUT2D eigenvalue weighted by atomic mass is 35.5. The fourth-order valence-corrected chi connectivity index (χ4v) is 3.54. The molecule has 1 aliphatic rings. The van der Waals surface area contributed by atoms with Crippen molar-refractivity contribution in [2.24, 2.45) is 0 Å². The van der Waals surface area contributed by atoms with Crippen molar-refractivity contribution in [3.8, 4) is 17.0 Å². The molecule has 0 saturated carbocycles. The Morgan fingerprint density at radius 3 is 2.61 bits per heavy atom. The van der Waals surface area contributed by atoms with Crippen molar-refractivity contribution in [1.82, 2.24) is 4.98 Å². The lowest BCUT2D eigenvalue weighted by Gasteiger charge is -2.12. The number of carbonyl (C=O) groups is 2. The number of carbonyl (C=O) groups excluding carboxylic acids is 1. The quantitative estimate of drug-likeness (QED) is 0.525. The highest BCUT2D eigenvalue weighted by Gasteiger charge is 2.31. The van der Waals surface area contributed by atoms with Crippen LogP contribution in [0.15, 0.2) is 48.5 Å². The van der Waals surface area contributed by atoms with Crippen molar-refractivity contribution in [3.63, 3.8) is 0 Å². The first kappa shape index (κ1) is 18.0. The Kier molecular flexibility index (Phi) is 4.49. The number of methoxy groups -OCH3 is 1. The number of ketones is 1. The third-order valence-corrected chi connectivity index (χ3v) is 4.89. The fraction of sp³-hybridized carbons (Fsp3) is 0.0952. The number of carboxylic acid groups (broad SMARTS) is 1. The number of pyridine rings is 1. The van der Waals surface area contributed by atoms with Gasteiger partial charge in [-0.1, -0.05) is 41.9 Å². The molecule has 0 aliphatic heterocycles. The first-order valence-electron chi connectivity index (χ1n) is 8.48. The first-order valence-corrected chi connectivity index (χ1v) is 8.86. The summed E-state index contributed by atoms with van der Waals surface area (Å²) in [5, 5.41) is 13.1. The van der Waals surface area contributed by atoms with Crippen LogP contribution >= 0.6 is 11.6 Å². The van der Waals surface area contributed by atoms with E-state index in [1.165, 1.54) is 13.2 Å². The number of aromatic nitrogens is 1. The van der Waals surface area contributed by atoms with Gasteiger partial charge in [-0.15, -0.1) is 0 Å². The van der Waals surface area contributed by atoms with E-state index in [1.807, 2.05) is 6.07 Å². The molecule has 0 saturated heterocycles. The molecule has 0 radical (unpaired) electrons. The zero-order valence-electron chi connectivity index (χ0n) is 14.8. The summed E-state index contributed by atoms with van der Waals surface area (Å²) in [6.07, 6.45) is 0. The van der Waals surface area contributed by atoms with E-state index in [0.717, 1.165) is 5.56 Å². The van der Waals surface area contributed by atoms with Gasteiger partial charge in [0.1, 0.15) is 5.75 Å². The van der Waals surface area contributed by atoms with Gasteiger partial charge in [0.15, 0.2) is 11.5 Å². The van der Waals surface area contributed by atoms with Gasteiger partial charge in [0, 0.05) is 17.7 Å². The Balaban J connectivity index is 1.74. The van der Waals surface area contributed by atoms with E-state index in [1.54, 1.807) is 36.4 Å². The number of nitrogens with one attached hydrogen (secondary N) is 1. The third-order valence-electron chi connectivity index (χ3n) is 4.59. The smallest absolute Gasteiger partial charge is 0.354 e. The molecule has 0 spiro atoms. The van der Waals surface area contributed by atoms with Crippen LogP contribution in [0.1, 0.15) is 32.0 Å². The minimum Gasteiger partial charge on any atom is -0.495 e. The zero-order chi connectivity index (χ0) is 19.8. The van der Waals surface area contributed by atoms with E-state index >= 15 is 0 Å². The third kappa shape index (κ3) is 2.97. The number of halogens is 1. The Bertz CT molecular complexity index is 1130. The van der Waals surface area contributed by atoms with Crippen LogP contribution in [0.4, 0.5) is 5.69 Å². The molecule has 2 aromatic carbocycles. The molecule has 3 aromatic rings. The Hall–Kier alpha value is -3.38. The van der Waals surface area contributed by atoms with E-state index < -0.39 is 5.97 Å². The molecular weight excluding hydrogens is 380 g/mol. The molecule has 1 aromatic heterocycles. The highest BCUT2D eigenvalue weighted by molar-refractivity contribution is 6.32. The van der Waals surface area contributed by atoms with Crippen LogP contribution in [0.2, 0.25) is 5.02 Å². The van der Waals surface area contributed by atoms with Gasteiger partial charge < -0.3 is 15.2 Å². The second kappa shape index (κ2) is 6.98. The molecule has 0 amide bonds. The molecule has 1 heterocycles. The van der Waals surface area contributed by atoms with Crippen LogP contribution in [0, 0.1) is 0 Å². The number of nitrogens with zero attached hydrogens (tertiary/aromatic N) is 1. The van der Waals surface area contributed by atoms with Crippen molar-refractivity contribution >= 4 is 29.0 Å². The maximum absolute atomic E-state index is 12.9. The summed E-state index contributed by atoms with van der Waals surface area (Å²) in [7, 11) is 1.54. The normalized spacial score (nSPS) is 11.7. The highest BCUT2D eigenvalue weighted by Crippen LogP contribution is 2.39. The molecule has 0 bridgehead atoms. The first-order chi connectivity index (χ1) is 13.5.